The Kier molecular flexibility index (Phi) is 4.95. The molecule has 0 aliphatic heterocycles. The Balaban J connectivity index is 2.67. The van der Waals surface area contributed by atoms with Crippen LogP contribution in [0.1, 0.15) is 28.8 Å². The van der Waals surface area contributed by atoms with Crippen molar-refractivity contribution in [1.29, 1.82) is 0 Å². The number of alkyl halides is 5. The first-order valence-corrected chi connectivity index (χ1v) is 5.85. The Morgan fingerprint density at radius 3 is 2.21 bits per heavy atom. The number of carbonyl (C=O) groups excluding carboxylic acids is 1. The molecule has 0 aliphatic carbocycles. The van der Waals surface area contributed by atoms with E-state index >= 15 is 0 Å². The summed E-state index contributed by atoms with van der Waals surface area (Å²) in [5.41, 5.74) is 0.640. The van der Waals surface area contributed by atoms with Gasteiger partial charge in [0.25, 0.3) is 0 Å². The molecule has 19 heavy (non-hydrogen) atoms. The van der Waals surface area contributed by atoms with Crippen molar-refractivity contribution in [3.63, 3.8) is 0 Å². The van der Waals surface area contributed by atoms with E-state index < -0.39 is 23.6 Å². The molecule has 1 aromatic carbocycles. The van der Waals surface area contributed by atoms with Gasteiger partial charge in [-0.2, -0.15) is 22.0 Å². The number of hydrogen-bond donors (Lipinski definition) is 1. The van der Waals surface area contributed by atoms with Gasteiger partial charge < -0.3 is 0 Å². The lowest BCUT2D eigenvalue weighted by Crippen LogP contribution is -2.36. The van der Waals surface area contributed by atoms with E-state index in [1.54, 1.807) is 12.1 Å². The molecule has 0 saturated carbocycles. The van der Waals surface area contributed by atoms with Crippen LogP contribution in [0.15, 0.2) is 24.3 Å². The van der Waals surface area contributed by atoms with Gasteiger partial charge in [-0.1, -0.05) is 24.3 Å². The Bertz CT molecular complexity index is 456. The fourth-order valence-corrected chi connectivity index (χ4v) is 1.81. The van der Waals surface area contributed by atoms with Crippen molar-refractivity contribution >= 4 is 17.7 Å². The molecule has 0 aliphatic rings. The third-order valence-corrected chi connectivity index (χ3v) is 2.84. The molecule has 0 N–H and O–H groups in total. The molecule has 0 saturated heterocycles. The summed E-state index contributed by atoms with van der Waals surface area (Å²) < 4.78 is 61.2. The van der Waals surface area contributed by atoms with Crippen LogP contribution in [0.3, 0.4) is 0 Å². The molecule has 0 aromatic heterocycles. The Hall–Kier alpha value is -1.11. The number of rotatable bonds is 5. The second kappa shape index (κ2) is 5.90. The topological polar surface area (TPSA) is 17.1 Å². The monoisotopic (exact) mass is 298 g/mol. The van der Waals surface area contributed by atoms with E-state index in [-0.39, 0.29) is 18.4 Å². The number of benzene rings is 1. The maximum absolute atomic E-state index is 12.7. The van der Waals surface area contributed by atoms with Gasteiger partial charge in [0.2, 0.25) is 5.12 Å². The largest absolute Gasteiger partial charge is 0.453 e. The van der Waals surface area contributed by atoms with E-state index in [0.717, 1.165) is 0 Å². The fourth-order valence-electron chi connectivity index (χ4n) is 1.59. The van der Waals surface area contributed by atoms with E-state index in [0.29, 0.717) is 5.56 Å². The first-order chi connectivity index (χ1) is 8.65. The van der Waals surface area contributed by atoms with Crippen molar-refractivity contribution in [2.45, 2.75) is 31.4 Å². The lowest BCUT2D eigenvalue weighted by atomic mass is 10.0. The Morgan fingerprint density at radius 2 is 1.68 bits per heavy atom. The van der Waals surface area contributed by atoms with Crippen molar-refractivity contribution < 1.29 is 26.7 Å². The summed E-state index contributed by atoms with van der Waals surface area (Å²) in [4.78, 5) is 11.1. The van der Waals surface area contributed by atoms with Gasteiger partial charge in [0.1, 0.15) is 0 Å². The normalized spacial score (nSPS) is 12.5. The summed E-state index contributed by atoms with van der Waals surface area (Å²) >= 11 is 3.62. The number of halogens is 5. The van der Waals surface area contributed by atoms with Gasteiger partial charge in [-0.05, 0) is 18.4 Å². The standard InChI is InChI=1S/C12H11F5OS/c13-11(14,12(15,16)17)7-3-5-8-4-1-2-6-9(8)10(18)19/h1-2,4,6H,3,5,7H2,(H,18,19). The minimum Gasteiger partial charge on any atom is -0.282 e. The van der Waals surface area contributed by atoms with Crippen LogP contribution in [0.2, 0.25) is 0 Å². The van der Waals surface area contributed by atoms with E-state index in [9.17, 15) is 26.7 Å². The molecular weight excluding hydrogens is 287 g/mol. The van der Waals surface area contributed by atoms with E-state index in [1.165, 1.54) is 12.1 Å². The van der Waals surface area contributed by atoms with Crippen molar-refractivity contribution in [3.05, 3.63) is 35.4 Å². The second-order valence-electron chi connectivity index (χ2n) is 4.02. The van der Waals surface area contributed by atoms with Gasteiger partial charge >= 0.3 is 12.1 Å². The van der Waals surface area contributed by atoms with Crippen molar-refractivity contribution in [1.82, 2.24) is 0 Å². The molecule has 0 spiro atoms. The molecule has 106 valence electrons. The zero-order valence-corrected chi connectivity index (χ0v) is 10.6. The summed E-state index contributed by atoms with van der Waals surface area (Å²) in [6, 6.07) is 6.11. The van der Waals surface area contributed by atoms with E-state index in [1.807, 2.05) is 0 Å². The van der Waals surface area contributed by atoms with Gasteiger partial charge in [-0.25, -0.2) is 0 Å². The van der Waals surface area contributed by atoms with Crippen LogP contribution in [0.4, 0.5) is 22.0 Å². The third kappa shape index (κ3) is 4.19. The number of hydrogen-bond acceptors (Lipinski definition) is 1. The van der Waals surface area contributed by atoms with Crippen LogP contribution >= 0.6 is 12.6 Å². The van der Waals surface area contributed by atoms with Crippen LogP contribution in [-0.4, -0.2) is 17.2 Å². The summed E-state index contributed by atoms with van der Waals surface area (Å²) in [6.07, 6.45) is -7.24. The molecule has 0 fully saturated rings. The van der Waals surface area contributed by atoms with Gasteiger partial charge in [-0.15, -0.1) is 12.6 Å². The van der Waals surface area contributed by atoms with E-state index in [4.69, 9.17) is 0 Å². The van der Waals surface area contributed by atoms with Crippen molar-refractivity contribution in [3.8, 4) is 0 Å². The van der Waals surface area contributed by atoms with Gasteiger partial charge in [0, 0.05) is 12.0 Å². The maximum atomic E-state index is 12.7. The number of aryl methyl sites for hydroxylation is 1. The molecule has 0 unspecified atom stereocenters. The highest BCUT2D eigenvalue weighted by Gasteiger charge is 2.56. The smallest absolute Gasteiger partial charge is 0.282 e. The Morgan fingerprint density at radius 1 is 1.11 bits per heavy atom. The highest BCUT2D eigenvalue weighted by Crippen LogP contribution is 2.39. The average Bonchev–Trinajstić information content (AvgIpc) is 2.27. The predicted molar refractivity (Wildman–Crippen MR) is 63.7 cm³/mol. The first kappa shape index (κ1) is 15.9. The highest BCUT2D eigenvalue weighted by molar-refractivity contribution is 7.97. The van der Waals surface area contributed by atoms with Crippen LogP contribution in [0, 0.1) is 0 Å². The maximum Gasteiger partial charge on any atom is 0.453 e. The lowest BCUT2D eigenvalue weighted by Gasteiger charge is -2.19. The number of carbonyl (C=O) groups is 1. The second-order valence-corrected chi connectivity index (χ2v) is 4.42. The van der Waals surface area contributed by atoms with Crippen LogP contribution in [-0.2, 0) is 6.42 Å². The van der Waals surface area contributed by atoms with Crippen molar-refractivity contribution in [2.75, 3.05) is 0 Å². The minimum absolute atomic E-state index is 0.0336. The zero-order valence-electron chi connectivity index (χ0n) is 9.68. The summed E-state index contributed by atoms with van der Waals surface area (Å²) in [5, 5.41) is -0.543. The van der Waals surface area contributed by atoms with Crippen molar-refractivity contribution in [2.24, 2.45) is 0 Å². The van der Waals surface area contributed by atoms with Gasteiger partial charge in [0.05, 0.1) is 0 Å². The molecule has 1 nitrogen and oxygen atoms in total. The van der Waals surface area contributed by atoms with E-state index in [2.05, 4.69) is 12.6 Å². The quantitative estimate of drug-likeness (QED) is 0.634. The summed E-state index contributed by atoms with van der Waals surface area (Å²) in [5.74, 6) is -4.70. The SMILES string of the molecule is O=C(S)c1ccccc1CCCC(F)(F)C(F)(F)F. The molecule has 7 heteroatoms. The fraction of sp³-hybridized carbons (Fsp3) is 0.417. The van der Waals surface area contributed by atoms with Crippen LogP contribution in [0.25, 0.3) is 0 Å². The summed E-state index contributed by atoms with van der Waals surface area (Å²) in [7, 11) is 0. The van der Waals surface area contributed by atoms with Crippen LogP contribution < -0.4 is 0 Å². The Labute approximate surface area is 112 Å². The van der Waals surface area contributed by atoms with Gasteiger partial charge in [-0.3, -0.25) is 4.79 Å². The molecule has 1 aromatic rings. The molecule has 0 radical (unpaired) electrons. The predicted octanol–water partition coefficient (Wildman–Crippen LogP) is 4.28. The minimum atomic E-state index is -5.54. The molecule has 1 rings (SSSR count). The molecule has 0 amide bonds. The first-order valence-electron chi connectivity index (χ1n) is 5.41. The van der Waals surface area contributed by atoms with Gasteiger partial charge in [0.15, 0.2) is 0 Å². The highest BCUT2D eigenvalue weighted by atomic mass is 32.1. The van der Waals surface area contributed by atoms with Crippen LogP contribution in [0.5, 0.6) is 0 Å². The molecule has 0 bridgehead atoms. The molecule has 0 atom stereocenters. The number of thiol groups is 1. The summed E-state index contributed by atoms with van der Waals surface area (Å²) in [6.45, 7) is 0. The average molecular weight is 298 g/mol. The molecule has 0 heterocycles. The zero-order chi connectivity index (χ0) is 14.7. The lowest BCUT2D eigenvalue weighted by molar-refractivity contribution is -0.284. The molecular formula is C12H11F5OS. The third-order valence-electron chi connectivity index (χ3n) is 2.60.